The molecule has 0 spiro atoms. The molecule has 150 valence electrons. The summed E-state index contributed by atoms with van der Waals surface area (Å²) in [6.45, 7) is 3.98. The summed E-state index contributed by atoms with van der Waals surface area (Å²) in [4.78, 5) is 19.2. The molecule has 2 aromatic carbocycles. The maximum absolute atomic E-state index is 12.6. The fourth-order valence-corrected chi connectivity index (χ4v) is 4.07. The Morgan fingerprint density at radius 2 is 1.79 bits per heavy atom. The van der Waals surface area contributed by atoms with Gasteiger partial charge in [0.2, 0.25) is 5.91 Å². The van der Waals surface area contributed by atoms with Crippen molar-refractivity contribution in [2.24, 2.45) is 0 Å². The van der Waals surface area contributed by atoms with Crippen LogP contribution in [0.1, 0.15) is 13.3 Å². The second-order valence-corrected chi connectivity index (χ2v) is 7.85. The molecule has 1 aliphatic heterocycles. The van der Waals surface area contributed by atoms with Gasteiger partial charge in [-0.25, -0.2) is 4.98 Å². The van der Waals surface area contributed by atoms with Crippen LogP contribution in [0.2, 0.25) is 0 Å². The summed E-state index contributed by atoms with van der Waals surface area (Å²) in [5.74, 6) is 1.13. The third-order valence-corrected chi connectivity index (χ3v) is 5.77. The molecule has 6 heteroatoms. The number of benzene rings is 2. The van der Waals surface area contributed by atoms with Crippen molar-refractivity contribution < 1.29 is 13.9 Å². The lowest BCUT2D eigenvalue weighted by Gasteiger charge is -2.32. The van der Waals surface area contributed by atoms with Crippen LogP contribution in [0.3, 0.4) is 0 Å². The van der Waals surface area contributed by atoms with E-state index in [0.717, 1.165) is 29.0 Å². The van der Waals surface area contributed by atoms with E-state index in [4.69, 9.17) is 14.1 Å². The summed E-state index contributed by atoms with van der Waals surface area (Å²) in [5.41, 5.74) is 2.76. The first-order valence-corrected chi connectivity index (χ1v) is 10.9. The number of carbonyl (C=O) groups excluding carboxylic acids is 1. The lowest BCUT2D eigenvalue weighted by Crippen LogP contribution is -2.46. The molecule has 1 fully saturated rings. The first-order valence-electron chi connectivity index (χ1n) is 9.88. The number of ether oxygens (including phenoxy) is 1. The summed E-state index contributed by atoms with van der Waals surface area (Å²) in [7, 11) is 0. The van der Waals surface area contributed by atoms with Crippen molar-refractivity contribution >= 4 is 17.7 Å². The van der Waals surface area contributed by atoms with Crippen LogP contribution in [-0.4, -0.2) is 47.3 Å². The molecule has 0 saturated carbocycles. The van der Waals surface area contributed by atoms with Gasteiger partial charge in [0.1, 0.15) is 5.69 Å². The lowest BCUT2D eigenvalue weighted by atomic mass is 10.1. The van der Waals surface area contributed by atoms with E-state index < -0.39 is 0 Å². The minimum Gasteiger partial charge on any atom is -0.431 e. The van der Waals surface area contributed by atoms with Crippen molar-refractivity contribution in [3.8, 4) is 22.6 Å². The Bertz CT molecular complexity index is 886. The van der Waals surface area contributed by atoms with Gasteiger partial charge in [-0.1, -0.05) is 79.3 Å². The molecule has 2 heterocycles. The van der Waals surface area contributed by atoms with Crippen LogP contribution >= 0.6 is 11.8 Å². The second kappa shape index (κ2) is 9.29. The van der Waals surface area contributed by atoms with Gasteiger partial charge in [0.25, 0.3) is 5.22 Å². The van der Waals surface area contributed by atoms with E-state index in [1.807, 2.05) is 65.6 Å². The van der Waals surface area contributed by atoms with Gasteiger partial charge >= 0.3 is 0 Å². The highest BCUT2D eigenvalue weighted by molar-refractivity contribution is 7.99. The molecule has 1 saturated heterocycles. The van der Waals surface area contributed by atoms with Crippen molar-refractivity contribution in [1.82, 2.24) is 9.88 Å². The zero-order chi connectivity index (χ0) is 20.1. The molecule has 1 aromatic heterocycles. The topological polar surface area (TPSA) is 55.6 Å². The number of oxazole rings is 1. The predicted molar refractivity (Wildman–Crippen MR) is 115 cm³/mol. The van der Waals surface area contributed by atoms with Crippen LogP contribution in [0.5, 0.6) is 0 Å². The van der Waals surface area contributed by atoms with Gasteiger partial charge < -0.3 is 14.1 Å². The molecular formula is C23H24N2O3S. The average Bonchev–Trinajstić information content (AvgIpc) is 3.23. The highest BCUT2D eigenvalue weighted by Gasteiger charge is 2.24. The molecule has 0 bridgehead atoms. The molecule has 4 rings (SSSR count). The quantitative estimate of drug-likeness (QED) is 0.552. The van der Waals surface area contributed by atoms with Crippen LogP contribution in [0.4, 0.5) is 0 Å². The third kappa shape index (κ3) is 4.71. The molecular weight excluding hydrogens is 384 g/mol. The summed E-state index contributed by atoms with van der Waals surface area (Å²) in [6.07, 6.45) is 1.05. The van der Waals surface area contributed by atoms with Crippen LogP contribution in [0, 0.1) is 0 Å². The summed E-state index contributed by atoms with van der Waals surface area (Å²) in [5, 5.41) is 0.511. The molecule has 0 radical (unpaired) electrons. The van der Waals surface area contributed by atoms with E-state index in [1.54, 1.807) is 0 Å². The number of rotatable bonds is 6. The molecule has 1 amide bonds. The van der Waals surface area contributed by atoms with E-state index in [9.17, 15) is 4.79 Å². The Kier molecular flexibility index (Phi) is 6.32. The number of morpholine rings is 1. The van der Waals surface area contributed by atoms with Crippen molar-refractivity contribution in [2.75, 3.05) is 25.4 Å². The second-order valence-electron chi connectivity index (χ2n) is 6.92. The van der Waals surface area contributed by atoms with Crippen molar-refractivity contribution in [1.29, 1.82) is 0 Å². The van der Waals surface area contributed by atoms with E-state index >= 15 is 0 Å². The largest absolute Gasteiger partial charge is 0.431 e. The van der Waals surface area contributed by atoms with E-state index in [0.29, 0.717) is 30.7 Å². The zero-order valence-corrected chi connectivity index (χ0v) is 17.2. The van der Waals surface area contributed by atoms with Crippen molar-refractivity contribution in [3.05, 3.63) is 60.7 Å². The number of hydrogen-bond donors (Lipinski definition) is 0. The highest BCUT2D eigenvalue weighted by Crippen LogP contribution is 2.35. The Morgan fingerprint density at radius 3 is 2.48 bits per heavy atom. The Hall–Kier alpha value is -2.57. The predicted octanol–water partition coefficient (Wildman–Crippen LogP) is 4.74. The van der Waals surface area contributed by atoms with E-state index in [2.05, 4.69) is 6.92 Å². The van der Waals surface area contributed by atoms with E-state index in [-0.39, 0.29) is 12.0 Å². The maximum atomic E-state index is 12.6. The minimum atomic E-state index is 0.0949. The van der Waals surface area contributed by atoms with Gasteiger partial charge in [0, 0.05) is 24.2 Å². The molecule has 0 N–H and O–H groups in total. The number of nitrogens with zero attached hydrogens (tertiary/aromatic N) is 2. The highest BCUT2D eigenvalue weighted by atomic mass is 32.2. The molecule has 1 aliphatic rings. The van der Waals surface area contributed by atoms with Crippen molar-refractivity contribution in [3.63, 3.8) is 0 Å². The third-order valence-electron chi connectivity index (χ3n) is 4.96. The molecule has 3 aromatic rings. The first kappa shape index (κ1) is 19.7. The van der Waals surface area contributed by atoms with E-state index in [1.165, 1.54) is 11.8 Å². The molecule has 0 aliphatic carbocycles. The number of amides is 1. The maximum Gasteiger partial charge on any atom is 0.257 e. The molecule has 1 unspecified atom stereocenters. The smallest absolute Gasteiger partial charge is 0.257 e. The summed E-state index contributed by atoms with van der Waals surface area (Å²) >= 11 is 1.35. The number of thioether (sulfide) groups is 1. The van der Waals surface area contributed by atoms with Crippen LogP contribution in [0.25, 0.3) is 22.6 Å². The van der Waals surface area contributed by atoms with Gasteiger partial charge in [-0.2, -0.15) is 0 Å². The number of hydrogen-bond acceptors (Lipinski definition) is 5. The monoisotopic (exact) mass is 408 g/mol. The van der Waals surface area contributed by atoms with Crippen LogP contribution < -0.4 is 0 Å². The Balaban J connectivity index is 1.52. The zero-order valence-electron chi connectivity index (χ0n) is 16.4. The van der Waals surface area contributed by atoms with Gasteiger partial charge in [-0.15, -0.1) is 0 Å². The number of aromatic nitrogens is 1. The normalized spacial score (nSPS) is 16.7. The van der Waals surface area contributed by atoms with Gasteiger partial charge in [0.05, 0.1) is 18.5 Å². The SMILES string of the molecule is CCC1CN(C(=O)CSc2nc(-c3ccccc3)c(-c3ccccc3)o2)CCO1. The fourth-order valence-electron chi connectivity index (χ4n) is 3.35. The number of carbonyl (C=O) groups is 1. The lowest BCUT2D eigenvalue weighted by molar-refractivity contribution is -0.135. The van der Waals surface area contributed by atoms with Crippen LogP contribution in [0.15, 0.2) is 70.3 Å². The minimum absolute atomic E-state index is 0.0949. The van der Waals surface area contributed by atoms with Gasteiger partial charge in [-0.3, -0.25) is 4.79 Å². The molecule has 5 nitrogen and oxygen atoms in total. The Labute approximate surface area is 175 Å². The summed E-state index contributed by atoms with van der Waals surface area (Å²) in [6, 6.07) is 19.9. The first-order chi connectivity index (χ1) is 14.2. The van der Waals surface area contributed by atoms with Gasteiger partial charge in [0.15, 0.2) is 5.76 Å². The van der Waals surface area contributed by atoms with Crippen molar-refractivity contribution in [2.45, 2.75) is 24.7 Å². The molecule has 29 heavy (non-hydrogen) atoms. The average molecular weight is 409 g/mol. The van der Waals surface area contributed by atoms with Gasteiger partial charge in [-0.05, 0) is 6.42 Å². The standard InChI is InChI=1S/C23H24N2O3S/c1-2-19-15-25(13-14-27-19)20(26)16-29-23-24-21(17-9-5-3-6-10-17)22(28-23)18-11-7-4-8-12-18/h3-12,19H,2,13-16H2,1H3. The fraction of sp³-hybridized carbons (Fsp3) is 0.304. The Morgan fingerprint density at radius 1 is 1.10 bits per heavy atom. The summed E-state index contributed by atoms with van der Waals surface area (Å²) < 4.78 is 11.7. The van der Waals surface area contributed by atoms with Crippen LogP contribution in [-0.2, 0) is 9.53 Å². The molecule has 1 atom stereocenters.